The van der Waals surface area contributed by atoms with E-state index in [0.717, 1.165) is 19.3 Å². The summed E-state index contributed by atoms with van der Waals surface area (Å²) in [6.07, 6.45) is 2.67. The van der Waals surface area contributed by atoms with E-state index in [1.54, 1.807) is 4.90 Å². The van der Waals surface area contributed by atoms with E-state index < -0.39 is 5.97 Å². The van der Waals surface area contributed by atoms with Gasteiger partial charge in [-0.3, -0.25) is 9.69 Å². The Hall–Kier alpha value is -0.730. The summed E-state index contributed by atoms with van der Waals surface area (Å²) in [6.45, 7) is 6.50. The molecule has 0 saturated carbocycles. The molecule has 0 aromatic rings. The lowest BCUT2D eigenvalue weighted by atomic mass is 10.3. The Morgan fingerprint density at radius 3 is 2.30 bits per heavy atom. The first-order valence-electron chi connectivity index (χ1n) is 8.46. The second-order valence-corrected chi connectivity index (χ2v) is 5.33. The van der Waals surface area contributed by atoms with Gasteiger partial charge in [0.1, 0.15) is 12.7 Å². The molecule has 0 aliphatic rings. The number of ether oxygens (including phenoxy) is 3. The summed E-state index contributed by atoms with van der Waals surface area (Å²) in [4.78, 5) is 13.5. The summed E-state index contributed by atoms with van der Waals surface area (Å²) in [7, 11) is 0. The Bertz CT molecular complexity index is 261. The summed E-state index contributed by atoms with van der Waals surface area (Å²) in [6, 6.07) is 0. The molecular weight excluding hydrogens is 302 g/mol. The summed E-state index contributed by atoms with van der Waals surface area (Å²) < 4.78 is 16.4. The van der Waals surface area contributed by atoms with Gasteiger partial charge in [0.05, 0.1) is 26.4 Å². The molecule has 0 aliphatic carbocycles. The van der Waals surface area contributed by atoms with Crippen molar-refractivity contribution in [3.05, 3.63) is 0 Å². The minimum absolute atomic E-state index is 0.0403. The fraction of sp³-hybridized carbons (Fsp3) is 0.938. The van der Waals surface area contributed by atoms with Gasteiger partial charge in [0.25, 0.3) is 0 Å². The highest BCUT2D eigenvalue weighted by atomic mass is 16.6. The lowest BCUT2D eigenvalue weighted by Gasteiger charge is -2.21. The smallest absolute Gasteiger partial charge is 0.320 e. The third kappa shape index (κ3) is 13.4. The fourth-order valence-electron chi connectivity index (χ4n) is 1.86. The predicted molar refractivity (Wildman–Crippen MR) is 87.3 cm³/mol. The molecule has 0 amide bonds. The van der Waals surface area contributed by atoms with Gasteiger partial charge >= 0.3 is 5.97 Å². The molecule has 0 radical (unpaired) electrons. The van der Waals surface area contributed by atoms with Crippen molar-refractivity contribution in [2.24, 2.45) is 0 Å². The van der Waals surface area contributed by atoms with Gasteiger partial charge < -0.3 is 24.4 Å². The average molecular weight is 335 g/mol. The maximum Gasteiger partial charge on any atom is 0.320 e. The van der Waals surface area contributed by atoms with Crippen LogP contribution in [0.2, 0.25) is 0 Å². The van der Waals surface area contributed by atoms with Crippen LogP contribution in [0.4, 0.5) is 0 Å². The number of aliphatic hydroxyl groups excluding tert-OH is 2. The average Bonchev–Trinajstić information content (AvgIpc) is 2.53. The standard InChI is InChI=1S/C16H33NO6/c1-3-5-11-22-15(13-21-10-4-2)14-23-16(20)12-17(6-8-18)7-9-19/h15,18-19H,3-14H2,1-2H3. The molecule has 7 nitrogen and oxygen atoms in total. The van der Waals surface area contributed by atoms with E-state index in [9.17, 15) is 4.79 Å². The highest BCUT2D eigenvalue weighted by Crippen LogP contribution is 2.00. The molecule has 0 heterocycles. The van der Waals surface area contributed by atoms with Crippen molar-refractivity contribution in [3.8, 4) is 0 Å². The third-order valence-corrected chi connectivity index (χ3v) is 3.12. The molecule has 0 rings (SSSR count). The zero-order chi connectivity index (χ0) is 17.3. The van der Waals surface area contributed by atoms with E-state index in [4.69, 9.17) is 24.4 Å². The van der Waals surface area contributed by atoms with E-state index in [-0.39, 0.29) is 32.5 Å². The lowest BCUT2D eigenvalue weighted by Crippen LogP contribution is -2.37. The van der Waals surface area contributed by atoms with Gasteiger partial charge in [-0.25, -0.2) is 0 Å². The topological polar surface area (TPSA) is 88.5 Å². The molecular formula is C16H33NO6. The van der Waals surface area contributed by atoms with Crippen LogP contribution in [-0.2, 0) is 19.0 Å². The van der Waals surface area contributed by atoms with E-state index in [1.807, 2.05) is 6.92 Å². The van der Waals surface area contributed by atoms with E-state index in [1.165, 1.54) is 0 Å². The summed E-state index contributed by atoms with van der Waals surface area (Å²) >= 11 is 0. The van der Waals surface area contributed by atoms with Crippen LogP contribution in [0.5, 0.6) is 0 Å². The normalized spacial score (nSPS) is 12.6. The zero-order valence-corrected chi connectivity index (χ0v) is 14.5. The molecule has 0 bridgehead atoms. The van der Waals surface area contributed by atoms with Crippen molar-refractivity contribution >= 4 is 5.97 Å². The predicted octanol–water partition coefficient (Wildman–Crippen LogP) is 0.428. The Kier molecular flexibility index (Phi) is 15.6. The van der Waals surface area contributed by atoms with Crippen molar-refractivity contribution in [3.63, 3.8) is 0 Å². The molecule has 0 aromatic carbocycles. The molecule has 138 valence electrons. The Morgan fingerprint density at radius 2 is 1.74 bits per heavy atom. The summed E-state index contributed by atoms with van der Waals surface area (Å²) in [5.41, 5.74) is 0. The molecule has 1 atom stereocenters. The van der Waals surface area contributed by atoms with Crippen LogP contribution in [0.3, 0.4) is 0 Å². The van der Waals surface area contributed by atoms with Crippen LogP contribution in [0.15, 0.2) is 0 Å². The molecule has 23 heavy (non-hydrogen) atoms. The van der Waals surface area contributed by atoms with Gasteiger partial charge in [-0.05, 0) is 12.8 Å². The molecule has 0 spiro atoms. The van der Waals surface area contributed by atoms with E-state index >= 15 is 0 Å². The van der Waals surface area contributed by atoms with Crippen LogP contribution >= 0.6 is 0 Å². The molecule has 1 unspecified atom stereocenters. The van der Waals surface area contributed by atoms with Crippen LogP contribution in [-0.4, -0.2) is 86.5 Å². The minimum Gasteiger partial charge on any atom is -0.462 e. The second kappa shape index (κ2) is 16.1. The van der Waals surface area contributed by atoms with Gasteiger partial charge in [-0.15, -0.1) is 0 Å². The summed E-state index contributed by atoms with van der Waals surface area (Å²) in [5.74, 6) is -0.397. The quantitative estimate of drug-likeness (QED) is 0.312. The van der Waals surface area contributed by atoms with Crippen LogP contribution in [0, 0.1) is 0 Å². The number of carbonyl (C=O) groups is 1. The number of esters is 1. The van der Waals surface area contributed by atoms with Gasteiger partial charge in [-0.1, -0.05) is 20.3 Å². The minimum atomic E-state index is -0.397. The Balaban J connectivity index is 4.14. The van der Waals surface area contributed by atoms with Crippen LogP contribution in [0.1, 0.15) is 33.1 Å². The highest BCUT2D eigenvalue weighted by Gasteiger charge is 2.15. The van der Waals surface area contributed by atoms with Crippen molar-refractivity contribution in [1.29, 1.82) is 0 Å². The molecule has 2 N–H and O–H groups in total. The monoisotopic (exact) mass is 335 g/mol. The Labute approximate surface area is 139 Å². The maximum atomic E-state index is 11.8. The SMILES string of the molecule is CCCCOC(COCCC)COC(=O)CN(CCO)CCO. The van der Waals surface area contributed by atoms with Crippen molar-refractivity contribution in [2.45, 2.75) is 39.2 Å². The maximum absolute atomic E-state index is 11.8. The number of hydrogen-bond donors (Lipinski definition) is 2. The number of rotatable bonds is 16. The largest absolute Gasteiger partial charge is 0.462 e. The number of nitrogens with zero attached hydrogens (tertiary/aromatic N) is 1. The van der Waals surface area contributed by atoms with Crippen LogP contribution < -0.4 is 0 Å². The van der Waals surface area contributed by atoms with Crippen LogP contribution in [0.25, 0.3) is 0 Å². The highest BCUT2D eigenvalue weighted by molar-refractivity contribution is 5.71. The van der Waals surface area contributed by atoms with Crippen molar-refractivity contribution in [1.82, 2.24) is 4.90 Å². The van der Waals surface area contributed by atoms with Crippen molar-refractivity contribution in [2.75, 3.05) is 59.3 Å². The number of aliphatic hydroxyl groups is 2. The van der Waals surface area contributed by atoms with Gasteiger partial charge in [0.2, 0.25) is 0 Å². The zero-order valence-electron chi connectivity index (χ0n) is 14.5. The van der Waals surface area contributed by atoms with E-state index in [2.05, 4.69) is 6.92 Å². The molecule has 0 aromatic heterocycles. The third-order valence-electron chi connectivity index (χ3n) is 3.12. The van der Waals surface area contributed by atoms with Gasteiger partial charge in [-0.2, -0.15) is 0 Å². The Morgan fingerprint density at radius 1 is 1.04 bits per heavy atom. The molecule has 7 heteroatoms. The molecule has 0 saturated heterocycles. The van der Waals surface area contributed by atoms with Crippen molar-refractivity contribution < 1.29 is 29.2 Å². The lowest BCUT2D eigenvalue weighted by molar-refractivity contribution is -0.151. The summed E-state index contributed by atoms with van der Waals surface area (Å²) in [5, 5.41) is 17.8. The number of unbranched alkanes of at least 4 members (excludes halogenated alkanes) is 1. The first-order chi connectivity index (χ1) is 11.2. The number of carbonyl (C=O) groups excluding carboxylic acids is 1. The molecule has 0 fully saturated rings. The van der Waals surface area contributed by atoms with Gasteiger partial charge in [0, 0.05) is 26.3 Å². The molecule has 0 aliphatic heterocycles. The van der Waals surface area contributed by atoms with E-state index in [0.29, 0.717) is 32.9 Å². The second-order valence-electron chi connectivity index (χ2n) is 5.33. The first-order valence-corrected chi connectivity index (χ1v) is 8.46. The van der Waals surface area contributed by atoms with Gasteiger partial charge in [0.15, 0.2) is 0 Å². The fourth-order valence-corrected chi connectivity index (χ4v) is 1.86. The first kappa shape index (κ1) is 22.3. The number of hydrogen-bond acceptors (Lipinski definition) is 7.